The lowest BCUT2D eigenvalue weighted by atomic mass is 9.97. The molecule has 1 aliphatic rings. The van der Waals surface area contributed by atoms with E-state index in [2.05, 4.69) is 10.00 Å². The number of benzene rings is 1. The Hall–Kier alpha value is -1.70. The van der Waals surface area contributed by atoms with E-state index in [0.717, 1.165) is 37.3 Å². The minimum absolute atomic E-state index is 0.0170. The van der Waals surface area contributed by atoms with E-state index in [1.807, 2.05) is 35.9 Å². The van der Waals surface area contributed by atoms with E-state index in [1.165, 1.54) is 0 Å². The highest BCUT2D eigenvalue weighted by Gasteiger charge is 2.24. The second kappa shape index (κ2) is 7.04. The molecule has 0 spiro atoms. The van der Waals surface area contributed by atoms with Gasteiger partial charge in [0.1, 0.15) is 0 Å². The number of carbonyl (C=O) groups excluding carboxylic acids is 1. The van der Waals surface area contributed by atoms with Gasteiger partial charge in [-0.1, -0.05) is 23.7 Å². The molecule has 2 aromatic rings. The van der Waals surface area contributed by atoms with Gasteiger partial charge in [0.05, 0.1) is 11.7 Å². The lowest BCUT2D eigenvalue weighted by molar-refractivity contribution is -0.123. The highest BCUT2D eigenvalue weighted by Crippen LogP contribution is 2.26. The molecule has 6 nitrogen and oxygen atoms in total. The molecule has 0 radical (unpaired) electrons. The second-order valence-corrected chi connectivity index (χ2v) is 6.85. The Labute approximate surface area is 150 Å². The molecule has 0 bridgehead atoms. The number of hydrogen-bond acceptors (Lipinski definition) is 4. The molecule has 24 heavy (non-hydrogen) atoms. The molecule has 1 aromatic heterocycles. The van der Waals surface area contributed by atoms with Crippen molar-refractivity contribution < 1.29 is 4.79 Å². The van der Waals surface area contributed by atoms with E-state index >= 15 is 0 Å². The quantitative estimate of drug-likeness (QED) is 0.845. The molecular formula is C16H20ClN5OS. The largest absolute Gasteiger partial charge is 0.369 e. The van der Waals surface area contributed by atoms with Gasteiger partial charge in [-0.3, -0.25) is 9.69 Å². The number of carbonyl (C=O) groups is 1. The molecule has 2 N–H and O–H groups in total. The van der Waals surface area contributed by atoms with Crippen molar-refractivity contribution in [3.63, 3.8) is 0 Å². The van der Waals surface area contributed by atoms with Crippen molar-refractivity contribution in [2.75, 3.05) is 13.1 Å². The summed E-state index contributed by atoms with van der Waals surface area (Å²) in [5, 5.41) is 5.29. The molecule has 128 valence electrons. The topological polar surface area (TPSA) is 69.1 Å². The zero-order valence-electron chi connectivity index (χ0n) is 13.5. The van der Waals surface area contributed by atoms with Gasteiger partial charge in [-0.25, -0.2) is 4.68 Å². The Balaban J connectivity index is 1.79. The van der Waals surface area contributed by atoms with Crippen LogP contribution in [-0.4, -0.2) is 38.2 Å². The number of piperidine rings is 1. The summed E-state index contributed by atoms with van der Waals surface area (Å²) in [4.78, 5) is 13.5. The van der Waals surface area contributed by atoms with Gasteiger partial charge in [0, 0.05) is 31.6 Å². The van der Waals surface area contributed by atoms with Crippen LogP contribution in [0, 0.1) is 10.7 Å². The number of nitrogens with two attached hydrogens (primary N) is 1. The van der Waals surface area contributed by atoms with E-state index in [0.29, 0.717) is 16.5 Å². The van der Waals surface area contributed by atoms with Crippen LogP contribution in [0.3, 0.4) is 0 Å². The average Bonchev–Trinajstić information content (AvgIpc) is 2.84. The number of amides is 1. The van der Waals surface area contributed by atoms with Crippen LogP contribution < -0.4 is 5.73 Å². The van der Waals surface area contributed by atoms with Crippen molar-refractivity contribution in [3.05, 3.63) is 34.1 Å². The van der Waals surface area contributed by atoms with Crippen LogP contribution in [0.15, 0.2) is 24.3 Å². The van der Waals surface area contributed by atoms with Crippen LogP contribution in [-0.2, 0) is 18.5 Å². The van der Waals surface area contributed by atoms with Gasteiger partial charge < -0.3 is 10.3 Å². The van der Waals surface area contributed by atoms with Gasteiger partial charge in [0.2, 0.25) is 5.91 Å². The standard InChI is InChI=1S/C16H20ClN5OS/c1-20-15(12-4-2-3-5-13(12)17)19-22(16(20)24)10-21-8-6-11(7-9-21)14(18)23/h2-5,11H,6-10H2,1H3,(H2,18,23). The van der Waals surface area contributed by atoms with Crippen LogP contribution in [0.2, 0.25) is 5.02 Å². The molecular weight excluding hydrogens is 346 g/mol. The third-order valence-corrected chi connectivity index (χ3v) is 5.29. The molecule has 1 fully saturated rings. The first-order chi connectivity index (χ1) is 11.5. The minimum Gasteiger partial charge on any atom is -0.369 e. The molecule has 2 heterocycles. The Bertz CT molecular complexity index is 807. The number of primary amides is 1. The van der Waals surface area contributed by atoms with Gasteiger partial charge in [0.25, 0.3) is 0 Å². The summed E-state index contributed by atoms with van der Waals surface area (Å²) in [7, 11) is 1.89. The van der Waals surface area contributed by atoms with Crippen molar-refractivity contribution in [3.8, 4) is 11.4 Å². The Morgan fingerprint density at radius 2 is 2.04 bits per heavy atom. The third-order valence-electron chi connectivity index (χ3n) is 4.48. The van der Waals surface area contributed by atoms with Crippen LogP contribution in [0.4, 0.5) is 0 Å². The lowest BCUT2D eigenvalue weighted by Gasteiger charge is -2.29. The predicted octanol–water partition coefficient (Wildman–Crippen LogP) is 2.43. The summed E-state index contributed by atoms with van der Waals surface area (Å²) in [6.07, 6.45) is 1.57. The molecule has 0 aliphatic carbocycles. The van der Waals surface area contributed by atoms with Gasteiger partial charge in [0.15, 0.2) is 10.6 Å². The van der Waals surface area contributed by atoms with Crippen molar-refractivity contribution >= 4 is 29.7 Å². The molecule has 0 saturated carbocycles. The van der Waals surface area contributed by atoms with Crippen LogP contribution in [0.25, 0.3) is 11.4 Å². The number of rotatable bonds is 4. The summed E-state index contributed by atoms with van der Waals surface area (Å²) in [5.41, 5.74) is 6.24. The number of nitrogens with zero attached hydrogens (tertiary/aromatic N) is 4. The summed E-state index contributed by atoms with van der Waals surface area (Å²) < 4.78 is 4.31. The first kappa shape index (κ1) is 17.1. The zero-order valence-corrected chi connectivity index (χ0v) is 15.1. The number of halogens is 1. The van der Waals surface area contributed by atoms with Crippen molar-refractivity contribution in [1.82, 2.24) is 19.2 Å². The van der Waals surface area contributed by atoms with Gasteiger partial charge in [-0.2, -0.15) is 5.10 Å². The maximum Gasteiger partial charge on any atom is 0.220 e. The maximum absolute atomic E-state index is 11.3. The summed E-state index contributed by atoms with van der Waals surface area (Å²) in [6, 6.07) is 7.59. The van der Waals surface area contributed by atoms with Gasteiger partial charge in [-0.05, 0) is 37.2 Å². The predicted molar refractivity (Wildman–Crippen MR) is 96.0 cm³/mol. The van der Waals surface area contributed by atoms with Crippen LogP contribution in [0.5, 0.6) is 0 Å². The molecule has 1 aliphatic heterocycles. The van der Waals surface area contributed by atoms with Crippen molar-refractivity contribution in [1.29, 1.82) is 0 Å². The Kier molecular flexibility index (Phi) is 5.03. The normalized spacial score (nSPS) is 16.4. The highest BCUT2D eigenvalue weighted by atomic mass is 35.5. The number of likely N-dealkylation sites (tertiary alicyclic amines) is 1. The maximum atomic E-state index is 11.3. The molecule has 1 saturated heterocycles. The fraction of sp³-hybridized carbons (Fsp3) is 0.438. The second-order valence-electron chi connectivity index (χ2n) is 6.08. The molecule has 1 aromatic carbocycles. The first-order valence-electron chi connectivity index (χ1n) is 7.87. The molecule has 1 amide bonds. The highest BCUT2D eigenvalue weighted by molar-refractivity contribution is 7.71. The smallest absolute Gasteiger partial charge is 0.220 e. The summed E-state index contributed by atoms with van der Waals surface area (Å²) in [6.45, 7) is 2.23. The first-order valence-corrected chi connectivity index (χ1v) is 8.66. The zero-order chi connectivity index (χ0) is 17.3. The molecule has 3 rings (SSSR count). The average molecular weight is 366 g/mol. The minimum atomic E-state index is -0.204. The van der Waals surface area contributed by atoms with Crippen LogP contribution in [0.1, 0.15) is 12.8 Å². The van der Waals surface area contributed by atoms with E-state index in [4.69, 9.17) is 29.6 Å². The number of aromatic nitrogens is 3. The fourth-order valence-corrected chi connectivity index (χ4v) is 3.41. The summed E-state index contributed by atoms with van der Waals surface area (Å²) in [5.74, 6) is 0.527. The summed E-state index contributed by atoms with van der Waals surface area (Å²) >= 11 is 11.8. The van der Waals surface area contributed by atoms with Crippen molar-refractivity contribution in [2.45, 2.75) is 19.5 Å². The lowest BCUT2D eigenvalue weighted by Crippen LogP contribution is -2.39. The monoisotopic (exact) mass is 365 g/mol. The third kappa shape index (κ3) is 3.38. The van der Waals surface area contributed by atoms with Gasteiger partial charge >= 0.3 is 0 Å². The number of hydrogen-bond donors (Lipinski definition) is 1. The molecule has 0 atom stereocenters. The van der Waals surface area contributed by atoms with Crippen molar-refractivity contribution in [2.24, 2.45) is 18.7 Å². The van der Waals surface area contributed by atoms with E-state index in [-0.39, 0.29) is 11.8 Å². The Morgan fingerprint density at radius 1 is 1.38 bits per heavy atom. The fourth-order valence-electron chi connectivity index (χ4n) is 3.01. The molecule has 0 unspecified atom stereocenters. The SMILES string of the molecule is Cn1c(-c2ccccc2Cl)nn(CN2CCC(C(N)=O)CC2)c1=S. The van der Waals surface area contributed by atoms with Crippen LogP contribution >= 0.6 is 23.8 Å². The molecule has 8 heteroatoms. The van der Waals surface area contributed by atoms with E-state index in [1.54, 1.807) is 4.68 Å². The van der Waals surface area contributed by atoms with E-state index < -0.39 is 0 Å². The Morgan fingerprint density at radius 3 is 2.67 bits per heavy atom. The van der Waals surface area contributed by atoms with E-state index in [9.17, 15) is 4.79 Å². The van der Waals surface area contributed by atoms with Gasteiger partial charge in [-0.15, -0.1) is 0 Å².